The molecule has 0 spiro atoms. The molecule has 1 aliphatic rings. The molecule has 2 amide bonds. The molecule has 5 nitrogen and oxygen atoms in total. The van der Waals surface area contributed by atoms with E-state index in [1.165, 1.54) is 17.0 Å². The van der Waals surface area contributed by atoms with Crippen molar-refractivity contribution in [2.45, 2.75) is 19.8 Å². The quantitative estimate of drug-likeness (QED) is 0.577. The van der Waals surface area contributed by atoms with E-state index in [1.807, 2.05) is 0 Å². The van der Waals surface area contributed by atoms with E-state index in [4.69, 9.17) is 11.6 Å². The number of hydrogen-bond donors (Lipinski definition) is 1. The van der Waals surface area contributed by atoms with Crippen molar-refractivity contribution in [3.05, 3.63) is 76.6 Å². The van der Waals surface area contributed by atoms with Crippen LogP contribution in [0.5, 0.6) is 0 Å². The van der Waals surface area contributed by atoms with Crippen molar-refractivity contribution >= 4 is 34.8 Å². The van der Waals surface area contributed by atoms with Gasteiger partial charge in [0.25, 0.3) is 0 Å². The molecule has 1 unspecified atom stereocenters. The van der Waals surface area contributed by atoms with Crippen LogP contribution < -0.4 is 10.2 Å². The van der Waals surface area contributed by atoms with E-state index in [0.717, 1.165) is 6.07 Å². The number of aromatic nitrogens is 1. The fourth-order valence-electron chi connectivity index (χ4n) is 3.75. The van der Waals surface area contributed by atoms with Gasteiger partial charge in [-0.3, -0.25) is 9.59 Å². The Morgan fingerprint density at radius 3 is 2.68 bits per heavy atom. The highest BCUT2D eigenvalue weighted by molar-refractivity contribution is 6.30. The van der Waals surface area contributed by atoms with Gasteiger partial charge < -0.3 is 10.2 Å². The highest BCUT2D eigenvalue weighted by Crippen LogP contribution is 2.42. The predicted octanol–water partition coefficient (Wildman–Crippen LogP) is 5.08. The number of hydrogen-bond acceptors (Lipinski definition) is 3. The van der Waals surface area contributed by atoms with Crippen LogP contribution in [0.2, 0.25) is 5.02 Å². The monoisotopic (exact) mass is 441 g/mol. The zero-order valence-electron chi connectivity index (χ0n) is 16.7. The van der Waals surface area contributed by atoms with Crippen LogP contribution in [0.1, 0.15) is 24.1 Å². The van der Waals surface area contributed by atoms with Crippen molar-refractivity contribution in [1.29, 1.82) is 0 Å². The van der Waals surface area contributed by atoms with Crippen LogP contribution >= 0.6 is 11.6 Å². The van der Waals surface area contributed by atoms with E-state index in [0.29, 0.717) is 16.8 Å². The minimum absolute atomic E-state index is 0.0698. The van der Waals surface area contributed by atoms with Gasteiger partial charge in [0.2, 0.25) is 17.8 Å². The Labute approximate surface area is 182 Å². The number of nitrogens with one attached hydrogen (secondary N) is 1. The third kappa shape index (κ3) is 3.88. The Bertz CT molecular complexity index is 1220. The molecule has 31 heavy (non-hydrogen) atoms. The number of halogens is 3. The average Bonchev–Trinajstić information content (AvgIpc) is 2.80. The molecule has 2 heterocycles. The number of amides is 2. The predicted molar refractivity (Wildman–Crippen MR) is 115 cm³/mol. The first-order chi connectivity index (χ1) is 14.8. The second-order valence-corrected chi connectivity index (χ2v) is 7.77. The maximum atomic E-state index is 15.0. The number of pyridine rings is 1. The lowest BCUT2D eigenvalue weighted by molar-refractivity contribution is -0.122. The van der Waals surface area contributed by atoms with Gasteiger partial charge in [-0.25, -0.2) is 9.37 Å². The largest absolute Gasteiger partial charge is 0.324 e. The van der Waals surface area contributed by atoms with Crippen LogP contribution in [0.15, 0.2) is 48.5 Å². The molecular weight excluding hydrogens is 424 g/mol. The second-order valence-electron chi connectivity index (χ2n) is 7.36. The topological polar surface area (TPSA) is 62.3 Å². The van der Waals surface area contributed by atoms with Crippen LogP contribution in [0.25, 0.3) is 11.1 Å². The summed E-state index contributed by atoms with van der Waals surface area (Å²) in [5.41, 5.74) is 2.23. The summed E-state index contributed by atoms with van der Waals surface area (Å²) in [6.45, 7) is 2.95. The number of benzene rings is 2. The van der Waals surface area contributed by atoms with Crippen molar-refractivity contribution in [1.82, 2.24) is 4.98 Å². The standard InChI is InChI=1S/C23H18ClF2N3O2/c1-12-9-19-21(22(26)27-12)16-6-4-3-5-15(16)13(2)23(31)29(19)11-20(30)28-14-7-8-17(24)18(25)10-14/h3-10,13H,11H2,1-2H3,(H,28,30). The lowest BCUT2D eigenvalue weighted by atomic mass is 9.93. The number of fused-ring (bicyclic) bond motifs is 3. The Hall–Kier alpha value is -3.32. The van der Waals surface area contributed by atoms with Crippen molar-refractivity contribution in [2.75, 3.05) is 16.8 Å². The molecule has 158 valence electrons. The summed E-state index contributed by atoms with van der Waals surface area (Å²) in [7, 11) is 0. The lowest BCUT2D eigenvalue weighted by Gasteiger charge is -2.24. The molecule has 1 aromatic heterocycles. The molecule has 0 bridgehead atoms. The molecule has 0 saturated heterocycles. The average molecular weight is 442 g/mol. The Morgan fingerprint density at radius 2 is 1.94 bits per heavy atom. The van der Waals surface area contributed by atoms with Gasteiger partial charge in [0.15, 0.2) is 0 Å². The van der Waals surface area contributed by atoms with Crippen LogP contribution in [0.4, 0.5) is 20.2 Å². The maximum Gasteiger partial charge on any atom is 0.244 e. The first-order valence-corrected chi connectivity index (χ1v) is 9.96. The summed E-state index contributed by atoms with van der Waals surface area (Å²) in [6, 6.07) is 12.5. The third-order valence-corrected chi connectivity index (χ3v) is 5.52. The molecule has 4 rings (SSSR count). The van der Waals surface area contributed by atoms with Gasteiger partial charge >= 0.3 is 0 Å². The van der Waals surface area contributed by atoms with E-state index in [9.17, 15) is 18.4 Å². The van der Waals surface area contributed by atoms with E-state index in [1.54, 1.807) is 44.2 Å². The molecule has 0 radical (unpaired) electrons. The molecule has 3 aromatic rings. The second kappa shape index (κ2) is 8.07. The van der Waals surface area contributed by atoms with Gasteiger partial charge in [0.05, 0.1) is 22.2 Å². The fraction of sp³-hybridized carbons (Fsp3) is 0.174. The minimum Gasteiger partial charge on any atom is -0.324 e. The van der Waals surface area contributed by atoms with Gasteiger partial charge in [-0.2, -0.15) is 4.39 Å². The van der Waals surface area contributed by atoms with Gasteiger partial charge in [0.1, 0.15) is 12.4 Å². The highest BCUT2D eigenvalue weighted by atomic mass is 35.5. The molecule has 8 heteroatoms. The van der Waals surface area contributed by atoms with E-state index >= 15 is 0 Å². The van der Waals surface area contributed by atoms with Crippen molar-refractivity contribution in [2.24, 2.45) is 0 Å². The number of rotatable bonds is 3. The SMILES string of the molecule is Cc1cc2c(c(F)n1)-c1ccccc1C(C)C(=O)N2CC(=O)Nc1ccc(Cl)c(F)c1. The molecular formula is C23H18ClF2N3O2. The van der Waals surface area contributed by atoms with Crippen molar-refractivity contribution in [3.63, 3.8) is 0 Å². The lowest BCUT2D eigenvalue weighted by Crippen LogP contribution is -2.40. The molecule has 1 aliphatic heterocycles. The van der Waals surface area contributed by atoms with E-state index < -0.39 is 23.6 Å². The van der Waals surface area contributed by atoms with Gasteiger partial charge in [-0.1, -0.05) is 35.9 Å². The first-order valence-electron chi connectivity index (χ1n) is 9.59. The fourth-order valence-corrected chi connectivity index (χ4v) is 3.87. The maximum absolute atomic E-state index is 15.0. The summed E-state index contributed by atoms with van der Waals surface area (Å²) in [5.74, 6) is -2.91. The Kier molecular flexibility index (Phi) is 5.45. The van der Waals surface area contributed by atoms with Crippen molar-refractivity contribution in [3.8, 4) is 11.1 Å². The smallest absolute Gasteiger partial charge is 0.244 e. The van der Waals surface area contributed by atoms with Crippen LogP contribution in [0, 0.1) is 18.7 Å². The minimum atomic E-state index is -0.713. The van der Waals surface area contributed by atoms with Crippen LogP contribution in [0.3, 0.4) is 0 Å². The zero-order chi connectivity index (χ0) is 22.3. The number of anilines is 2. The normalized spacial score (nSPS) is 15.2. The number of nitrogens with zero attached hydrogens (tertiary/aromatic N) is 2. The molecule has 1 atom stereocenters. The number of aryl methyl sites for hydroxylation is 1. The summed E-state index contributed by atoms with van der Waals surface area (Å²) >= 11 is 5.67. The molecule has 1 N–H and O–H groups in total. The third-order valence-electron chi connectivity index (χ3n) is 5.21. The summed E-state index contributed by atoms with van der Waals surface area (Å²) < 4.78 is 28.7. The van der Waals surface area contributed by atoms with Gasteiger partial charge in [-0.05, 0) is 49.2 Å². The summed E-state index contributed by atoms with van der Waals surface area (Å²) in [4.78, 5) is 31.2. The molecule has 0 aliphatic carbocycles. The molecule has 0 fully saturated rings. The van der Waals surface area contributed by atoms with Crippen molar-refractivity contribution < 1.29 is 18.4 Å². The molecule has 0 saturated carbocycles. The van der Waals surface area contributed by atoms with Gasteiger partial charge in [0, 0.05) is 11.4 Å². The highest BCUT2D eigenvalue weighted by Gasteiger charge is 2.34. The first kappa shape index (κ1) is 20.9. The molecule has 2 aromatic carbocycles. The van der Waals surface area contributed by atoms with Crippen LogP contribution in [-0.2, 0) is 9.59 Å². The summed E-state index contributed by atoms with van der Waals surface area (Å²) in [5, 5.41) is 2.48. The number of carbonyl (C=O) groups excluding carboxylic acids is 2. The van der Waals surface area contributed by atoms with Gasteiger partial charge in [-0.15, -0.1) is 0 Å². The van der Waals surface area contributed by atoms with E-state index in [-0.39, 0.29) is 34.4 Å². The van der Waals surface area contributed by atoms with E-state index in [2.05, 4.69) is 10.3 Å². The Balaban J connectivity index is 1.75. The van der Waals surface area contributed by atoms with Crippen LogP contribution in [-0.4, -0.2) is 23.3 Å². The zero-order valence-corrected chi connectivity index (χ0v) is 17.5. The number of carbonyl (C=O) groups is 2. The Morgan fingerprint density at radius 1 is 1.19 bits per heavy atom. The summed E-state index contributed by atoms with van der Waals surface area (Å²) in [6.07, 6.45) is 0.